The Hall–Kier alpha value is -3.05. The van der Waals surface area contributed by atoms with Crippen LogP contribution < -0.4 is 15.4 Å². The van der Waals surface area contributed by atoms with E-state index in [9.17, 15) is 4.79 Å². The van der Waals surface area contributed by atoms with Crippen molar-refractivity contribution in [1.29, 1.82) is 0 Å². The van der Waals surface area contributed by atoms with E-state index in [2.05, 4.69) is 15.6 Å². The lowest BCUT2D eigenvalue weighted by molar-refractivity contribution is 0.0954. The Morgan fingerprint density at radius 3 is 2.63 bits per heavy atom. The highest BCUT2D eigenvalue weighted by atomic mass is 35.5. The van der Waals surface area contributed by atoms with E-state index in [4.69, 9.17) is 16.3 Å². The second kappa shape index (κ2) is 9.05. The Labute approximate surface area is 163 Å². The highest BCUT2D eigenvalue weighted by Crippen LogP contribution is 2.24. The average Bonchev–Trinajstić information content (AvgIpc) is 2.70. The molecule has 0 fully saturated rings. The van der Waals surface area contributed by atoms with Gasteiger partial charge in [-0.3, -0.25) is 4.79 Å². The maximum atomic E-state index is 12.4. The van der Waals surface area contributed by atoms with E-state index in [1.165, 1.54) is 0 Å². The Morgan fingerprint density at radius 1 is 1.11 bits per heavy atom. The molecule has 27 heavy (non-hydrogen) atoms. The number of hydrogen-bond donors (Lipinski definition) is 2. The third-order valence-electron chi connectivity index (χ3n) is 4.02. The van der Waals surface area contributed by atoms with Crippen molar-refractivity contribution in [2.24, 2.45) is 0 Å². The third-order valence-corrected chi connectivity index (χ3v) is 4.35. The van der Waals surface area contributed by atoms with E-state index in [0.717, 1.165) is 23.4 Å². The topological polar surface area (TPSA) is 63.2 Å². The number of anilines is 2. The Balaban J connectivity index is 1.57. The molecule has 0 saturated carbocycles. The summed E-state index contributed by atoms with van der Waals surface area (Å²) in [4.78, 5) is 16.6. The standard InChI is InChI=1S/C21H20ClN3O2/c1-27-17-8-6-15(7-9-17)10-12-24-21(26)16-11-13-23-20(14-16)25-19-5-3-2-4-18(19)22/h2-9,11,13-14H,10,12H2,1H3,(H,23,25)(H,24,26). The minimum absolute atomic E-state index is 0.145. The summed E-state index contributed by atoms with van der Waals surface area (Å²) in [7, 11) is 1.64. The van der Waals surface area contributed by atoms with Crippen molar-refractivity contribution < 1.29 is 9.53 Å². The first-order valence-corrected chi connectivity index (χ1v) is 8.92. The second-order valence-corrected chi connectivity index (χ2v) is 6.30. The van der Waals surface area contributed by atoms with Crippen LogP contribution >= 0.6 is 11.6 Å². The van der Waals surface area contributed by atoms with Gasteiger partial charge < -0.3 is 15.4 Å². The Morgan fingerprint density at radius 2 is 1.89 bits per heavy atom. The van der Waals surface area contributed by atoms with Gasteiger partial charge in [-0.15, -0.1) is 0 Å². The number of nitrogens with one attached hydrogen (secondary N) is 2. The predicted octanol–water partition coefficient (Wildman–Crippen LogP) is 4.46. The summed E-state index contributed by atoms with van der Waals surface area (Å²) in [5, 5.41) is 6.64. The first kappa shape index (κ1) is 18.7. The molecular weight excluding hydrogens is 362 g/mol. The number of halogens is 1. The van der Waals surface area contributed by atoms with Crippen LogP contribution in [0, 0.1) is 0 Å². The maximum Gasteiger partial charge on any atom is 0.251 e. The van der Waals surface area contributed by atoms with E-state index in [-0.39, 0.29) is 5.91 Å². The van der Waals surface area contributed by atoms with Gasteiger partial charge in [-0.1, -0.05) is 35.9 Å². The molecule has 0 aliphatic heterocycles. The molecular formula is C21H20ClN3O2. The smallest absolute Gasteiger partial charge is 0.251 e. The highest BCUT2D eigenvalue weighted by molar-refractivity contribution is 6.33. The van der Waals surface area contributed by atoms with Crippen LogP contribution in [0.2, 0.25) is 5.02 Å². The number of amides is 1. The van der Waals surface area contributed by atoms with Crippen molar-refractivity contribution in [2.45, 2.75) is 6.42 Å². The van der Waals surface area contributed by atoms with Gasteiger partial charge in [-0.05, 0) is 48.4 Å². The normalized spacial score (nSPS) is 10.3. The molecule has 6 heteroatoms. The van der Waals surface area contributed by atoms with Crippen LogP contribution in [-0.4, -0.2) is 24.5 Å². The molecule has 138 valence electrons. The van der Waals surface area contributed by atoms with Crippen LogP contribution in [0.15, 0.2) is 66.9 Å². The molecule has 0 aliphatic carbocycles. The van der Waals surface area contributed by atoms with Crippen LogP contribution in [0.1, 0.15) is 15.9 Å². The Kier molecular flexibility index (Phi) is 6.28. The van der Waals surface area contributed by atoms with Gasteiger partial charge in [0.1, 0.15) is 11.6 Å². The van der Waals surface area contributed by atoms with E-state index in [1.54, 1.807) is 31.5 Å². The minimum atomic E-state index is -0.145. The fourth-order valence-corrected chi connectivity index (χ4v) is 2.74. The predicted molar refractivity (Wildman–Crippen MR) is 108 cm³/mol. The number of pyridine rings is 1. The second-order valence-electron chi connectivity index (χ2n) is 5.89. The molecule has 0 aliphatic rings. The van der Waals surface area contributed by atoms with Crippen molar-refractivity contribution >= 4 is 29.0 Å². The summed E-state index contributed by atoms with van der Waals surface area (Å²) in [6, 6.07) is 18.6. The zero-order valence-corrected chi connectivity index (χ0v) is 15.7. The number of carbonyl (C=O) groups is 1. The first-order valence-electron chi connectivity index (χ1n) is 8.54. The number of benzene rings is 2. The van der Waals surface area contributed by atoms with Gasteiger partial charge in [0.05, 0.1) is 17.8 Å². The van der Waals surface area contributed by atoms with Crippen molar-refractivity contribution in [2.75, 3.05) is 19.0 Å². The van der Waals surface area contributed by atoms with Crippen LogP contribution in [0.5, 0.6) is 5.75 Å². The number of ether oxygens (including phenoxy) is 1. The summed E-state index contributed by atoms with van der Waals surface area (Å²) in [5.41, 5.74) is 2.41. The van der Waals surface area contributed by atoms with Gasteiger partial charge in [0.25, 0.3) is 5.91 Å². The summed E-state index contributed by atoms with van der Waals surface area (Å²) < 4.78 is 5.14. The molecule has 1 heterocycles. The van der Waals surface area contributed by atoms with E-state index in [1.807, 2.05) is 42.5 Å². The number of carbonyl (C=O) groups excluding carboxylic acids is 1. The van der Waals surface area contributed by atoms with Crippen molar-refractivity contribution in [3.8, 4) is 5.75 Å². The summed E-state index contributed by atoms with van der Waals surface area (Å²) in [6.07, 6.45) is 2.34. The molecule has 0 unspecified atom stereocenters. The lowest BCUT2D eigenvalue weighted by Gasteiger charge is -2.09. The zero-order valence-electron chi connectivity index (χ0n) is 14.9. The van der Waals surface area contributed by atoms with Crippen LogP contribution in [0.4, 0.5) is 11.5 Å². The van der Waals surface area contributed by atoms with Gasteiger partial charge in [0.2, 0.25) is 0 Å². The fraction of sp³-hybridized carbons (Fsp3) is 0.143. The minimum Gasteiger partial charge on any atom is -0.497 e. The molecule has 1 amide bonds. The molecule has 0 spiro atoms. The molecule has 0 bridgehead atoms. The van der Waals surface area contributed by atoms with Gasteiger partial charge in [0, 0.05) is 18.3 Å². The molecule has 5 nitrogen and oxygen atoms in total. The number of methoxy groups -OCH3 is 1. The van der Waals surface area contributed by atoms with E-state index >= 15 is 0 Å². The van der Waals surface area contributed by atoms with Crippen molar-refractivity contribution in [3.63, 3.8) is 0 Å². The van der Waals surface area contributed by atoms with Crippen LogP contribution in [0.3, 0.4) is 0 Å². The molecule has 0 saturated heterocycles. The molecule has 0 atom stereocenters. The number of rotatable bonds is 7. The lowest BCUT2D eigenvalue weighted by Crippen LogP contribution is -2.25. The number of nitrogens with zero attached hydrogens (tertiary/aromatic N) is 1. The molecule has 2 N–H and O–H groups in total. The molecule has 1 aromatic heterocycles. The fourth-order valence-electron chi connectivity index (χ4n) is 2.56. The third kappa shape index (κ3) is 5.21. The highest BCUT2D eigenvalue weighted by Gasteiger charge is 2.08. The van der Waals surface area contributed by atoms with E-state index in [0.29, 0.717) is 22.9 Å². The number of para-hydroxylation sites is 1. The largest absolute Gasteiger partial charge is 0.497 e. The van der Waals surface area contributed by atoms with Gasteiger partial charge in [0.15, 0.2) is 0 Å². The van der Waals surface area contributed by atoms with Gasteiger partial charge in [-0.25, -0.2) is 4.98 Å². The summed E-state index contributed by atoms with van der Waals surface area (Å²) >= 11 is 6.14. The van der Waals surface area contributed by atoms with Gasteiger partial charge in [-0.2, -0.15) is 0 Å². The molecule has 3 aromatic rings. The van der Waals surface area contributed by atoms with Gasteiger partial charge >= 0.3 is 0 Å². The lowest BCUT2D eigenvalue weighted by atomic mass is 10.1. The SMILES string of the molecule is COc1ccc(CCNC(=O)c2ccnc(Nc3ccccc3Cl)c2)cc1. The first-order chi connectivity index (χ1) is 13.2. The Bertz CT molecular complexity index is 913. The monoisotopic (exact) mass is 381 g/mol. The van der Waals surface area contributed by atoms with Crippen LogP contribution in [-0.2, 0) is 6.42 Å². The number of aromatic nitrogens is 1. The molecule has 2 aromatic carbocycles. The molecule has 0 radical (unpaired) electrons. The summed E-state index contributed by atoms with van der Waals surface area (Å²) in [6.45, 7) is 0.542. The zero-order chi connectivity index (χ0) is 19.1. The van der Waals surface area contributed by atoms with Crippen molar-refractivity contribution in [3.05, 3.63) is 83.0 Å². The quantitative estimate of drug-likeness (QED) is 0.634. The van der Waals surface area contributed by atoms with Crippen molar-refractivity contribution in [1.82, 2.24) is 10.3 Å². The number of hydrogen-bond acceptors (Lipinski definition) is 4. The summed E-state index contributed by atoms with van der Waals surface area (Å²) in [5.74, 6) is 1.23. The average molecular weight is 382 g/mol. The van der Waals surface area contributed by atoms with Crippen LogP contribution in [0.25, 0.3) is 0 Å². The maximum absolute atomic E-state index is 12.4. The molecule has 3 rings (SSSR count). The van der Waals surface area contributed by atoms with E-state index < -0.39 is 0 Å².